The predicted octanol–water partition coefficient (Wildman–Crippen LogP) is 3.54. The minimum absolute atomic E-state index is 0.0936. The first kappa shape index (κ1) is 37.1. The maximum absolute atomic E-state index is 14.5. The van der Waals surface area contributed by atoms with Crippen LogP contribution in [0.5, 0.6) is 0 Å². The SMILES string of the molecule is CC(C)N(C[C@@H](C(=O)N1CCN(c2ncnc3c2[C@H](C)C[C@H]3O)CC1)c1ccc(Cl)cc1)C(=O)[C@@H]1CCCN1C(=O)[C@@H](C)NC(=O)c1ccncc1. The summed E-state index contributed by atoms with van der Waals surface area (Å²) in [5, 5.41) is 13.8. The third-order valence-corrected chi connectivity index (χ3v) is 10.8. The number of pyridine rings is 1. The van der Waals surface area contributed by atoms with Crippen molar-refractivity contribution in [3.05, 3.63) is 82.5 Å². The minimum atomic E-state index is -0.847. The van der Waals surface area contributed by atoms with E-state index in [1.54, 1.807) is 41.0 Å². The van der Waals surface area contributed by atoms with Gasteiger partial charge in [0.2, 0.25) is 17.7 Å². The number of aliphatic hydroxyl groups excluding tert-OH is 1. The van der Waals surface area contributed by atoms with Gasteiger partial charge >= 0.3 is 0 Å². The summed E-state index contributed by atoms with van der Waals surface area (Å²) in [5.41, 5.74) is 2.80. The Morgan fingerprint density at radius 2 is 1.65 bits per heavy atom. The highest BCUT2D eigenvalue weighted by molar-refractivity contribution is 6.30. The van der Waals surface area contributed by atoms with Crippen molar-refractivity contribution in [2.24, 2.45) is 0 Å². The molecule has 14 heteroatoms. The number of hydrogen-bond donors (Lipinski definition) is 2. The molecule has 0 radical (unpaired) electrons. The summed E-state index contributed by atoms with van der Waals surface area (Å²) in [6.07, 6.45) is 5.67. The molecule has 13 nitrogen and oxygen atoms in total. The average molecular weight is 731 g/mol. The van der Waals surface area contributed by atoms with Crippen LogP contribution in [0, 0.1) is 0 Å². The lowest BCUT2D eigenvalue weighted by atomic mass is 9.95. The van der Waals surface area contributed by atoms with Gasteiger partial charge in [-0.3, -0.25) is 24.2 Å². The van der Waals surface area contributed by atoms with Crippen LogP contribution in [-0.2, 0) is 14.4 Å². The van der Waals surface area contributed by atoms with Crippen molar-refractivity contribution >= 4 is 41.0 Å². The highest BCUT2D eigenvalue weighted by Crippen LogP contribution is 2.43. The van der Waals surface area contributed by atoms with Gasteiger partial charge in [-0.05, 0) is 75.8 Å². The summed E-state index contributed by atoms with van der Waals surface area (Å²) in [6, 6.07) is 8.50. The van der Waals surface area contributed by atoms with Crippen molar-refractivity contribution in [1.82, 2.24) is 35.0 Å². The molecule has 0 unspecified atom stereocenters. The second kappa shape index (κ2) is 16.0. The summed E-state index contributed by atoms with van der Waals surface area (Å²) in [7, 11) is 0. The monoisotopic (exact) mass is 730 g/mol. The van der Waals surface area contributed by atoms with Gasteiger partial charge in [0.25, 0.3) is 5.91 Å². The number of carbonyl (C=O) groups is 4. The Hall–Kier alpha value is -4.62. The van der Waals surface area contributed by atoms with Crippen LogP contribution in [0.25, 0.3) is 0 Å². The Bertz CT molecular complexity index is 1770. The first-order valence-corrected chi connectivity index (χ1v) is 18.5. The molecule has 276 valence electrons. The molecule has 1 aromatic carbocycles. The Labute approximate surface area is 309 Å². The number of hydrogen-bond acceptors (Lipinski definition) is 9. The van der Waals surface area contributed by atoms with E-state index in [0.29, 0.717) is 68.3 Å². The van der Waals surface area contributed by atoms with E-state index >= 15 is 0 Å². The largest absolute Gasteiger partial charge is 0.387 e. The van der Waals surface area contributed by atoms with Crippen LogP contribution in [0.4, 0.5) is 5.82 Å². The average Bonchev–Trinajstić information content (AvgIpc) is 3.76. The minimum Gasteiger partial charge on any atom is -0.387 e. The number of nitrogens with zero attached hydrogens (tertiary/aromatic N) is 7. The summed E-state index contributed by atoms with van der Waals surface area (Å²) in [4.78, 5) is 75.4. The molecule has 0 spiro atoms. The van der Waals surface area contributed by atoms with Crippen LogP contribution in [0.3, 0.4) is 0 Å². The fraction of sp³-hybridized carbons (Fsp3) is 0.500. The van der Waals surface area contributed by atoms with Crippen LogP contribution >= 0.6 is 11.6 Å². The molecule has 3 aliphatic rings. The van der Waals surface area contributed by atoms with Gasteiger partial charge in [-0.2, -0.15) is 0 Å². The predicted molar refractivity (Wildman–Crippen MR) is 196 cm³/mol. The normalized spacial score (nSPS) is 21.1. The van der Waals surface area contributed by atoms with Gasteiger partial charge in [0.15, 0.2) is 0 Å². The number of piperazine rings is 1. The summed E-state index contributed by atoms with van der Waals surface area (Å²) < 4.78 is 0. The Morgan fingerprint density at radius 3 is 2.33 bits per heavy atom. The number of aliphatic hydroxyl groups is 1. The third-order valence-electron chi connectivity index (χ3n) is 10.5. The smallest absolute Gasteiger partial charge is 0.252 e. The number of anilines is 1. The fourth-order valence-corrected chi connectivity index (χ4v) is 7.78. The number of carbonyl (C=O) groups excluding carboxylic acids is 4. The highest BCUT2D eigenvalue weighted by atomic mass is 35.5. The van der Waals surface area contributed by atoms with E-state index < -0.39 is 30.0 Å². The topological polar surface area (TPSA) is 152 Å². The highest BCUT2D eigenvalue weighted by Gasteiger charge is 2.41. The van der Waals surface area contributed by atoms with Crippen molar-refractivity contribution in [1.29, 1.82) is 0 Å². The summed E-state index contributed by atoms with van der Waals surface area (Å²) in [6.45, 7) is 10.1. The molecule has 6 rings (SSSR count). The second-order valence-electron chi connectivity index (χ2n) is 14.3. The first-order chi connectivity index (χ1) is 24.9. The maximum Gasteiger partial charge on any atom is 0.252 e. The molecule has 2 fully saturated rings. The van der Waals surface area contributed by atoms with E-state index in [2.05, 4.69) is 32.1 Å². The Kier molecular flexibility index (Phi) is 11.4. The molecule has 2 aliphatic heterocycles. The first-order valence-electron chi connectivity index (χ1n) is 18.1. The van der Waals surface area contributed by atoms with Crippen LogP contribution < -0.4 is 10.2 Å². The number of likely N-dealkylation sites (tertiary alicyclic amines) is 1. The van der Waals surface area contributed by atoms with E-state index in [0.717, 1.165) is 16.9 Å². The van der Waals surface area contributed by atoms with Gasteiger partial charge in [-0.15, -0.1) is 0 Å². The van der Waals surface area contributed by atoms with Gasteiger partial charge in [0.05, 0.1) is 17.7 Å². The van der Waals surface area contributed by atoms with Crippen molar-refractivity contribution in [2.45, 2.75) is 83.0 Å². The number of aromatic nitrogens is 3. The number of nitrogens with one attached hydrogen (secondary N) is 1. The second-order valence-corrected chi connectivity index (χ2v) is 14.7. The van der Waals surface area contributed by atoms with Gasteiger partial charge < -0.3 is 30.0 Å². The molecule has 0 saturated carbocycles. The third kappa shape index (κ3) is 7.75. The molecule has 2 saturated heterocycles. The van der Waals surface area contributed by atoms with E-state index in [1.165, 1.54) is 18.7 Å². The van der Waals surface area contributed by atoms with Gasteiger partial charge in [-0.25, -0.2) is 9.97 Å². The van der Waals surface area contributed by atoms with E-state index in [9.17, 15) is 24.3 Å². The molecule has 2 aromatic heterocycles. The molecule has 3 aromatic rings. The summed E-state index contributed by atoms with van der Waals surface area (Å²) in [5.74, 6) is -0.763. The Balaban J connectivity index is 1.17. The van der Waals surface area contributed by atoms with Gasteiger partial charge in [0, 0.05) is 73.9 Å². The van der Waals surface area contributed by atoms with Crippen molar-refractivity contribution in [3.63, 3.8) is 0 Å². The van der Waals surface area contributed by atoms with E-state index in [1.807, 2.05) is 30.9 Å². The molecule has 4 amide bonds. The molecule has 1 aliphatic carbocycles. The number of benzene rings is 1. The van der Waals surface area contributed by atoms with Crippen LogP contribution in [-0.4, -0.2) is 116 Å². The van der Waals surface area contributed by atoms with Crippen LogP contribution in [0.1, 0.15) is 92.1 Å². The molecule has 4 heterocycles. The number of rotatable bonds is 10. The van der Waals surface area contributed by atoms with Crippen LogP contribution in [0.15, 0.2) is 55.1 Å². The van der Waals surface area contributed by atoms with Gasteiger partial charge in [0.1, 0.15) is 24.2 Å². The van der Waals surface area contributed by atoms with E-state index in [4.69, 9.17) is 11.6 Å². The van der Waals surface area contributed by atoms with Crippen LogP contribution in [0.2, 0.25) is 5.02 Å². The molecular formula is C38H47ClN8O5. The fourth-order valence-electron chi connectivity index (χ4n) is 7.66. The van der Waals surface area contributed by atoms with E-state index in [-0.39, 0.29) is 36.2 Å². The quantitative estimate of drug-likeness (QED) is 0.319. The lowest BCUT2D eigenvalue weighted by Gasteiger charge is -2.40. The lowest BCUT2D eigenvalue weighted by molar-refractivity contribution is -0.146. The van der Waals surface area contributed by atoms with Crippen molar-refractivity contribution < 1.29 is 24.3 Å². The zero-order valence-corrected chi connectivity index (χ0v) is 30.9. The zero-order valence-electron chi connectivity index (χ0n) is 30.1. The molecular weight excluding hydrogens is 684 g/mol. The zero-order chi connectivity index (χ0) is 37.1. The number of amides is 4. The molecule has 2 N–H and O–H groups in total. The van der Waals surface area contributed by atoms with Crippen molar-refractivity contribution in [2.75, 3.05) is 44.2 Å². The standard InChI is InChI=1S/C38H47ClN8O5/c1-23(2)47(38(52)30-6-5-15-46(30)36(50)25(4)43-35(49)27-11-13-40-14-12-27)21-29(26-7-9-28(39)10-8-26)37(51)45-18-16-44(17-19-45)34-32-24(3)20-31(48)33(32)41-22-42-34/h7-14,22-25,29-31,48H,5-6,15-21H2,1-4H3,(H,43,49)/t24-,25-,29-,30+,31-/m1/s1. The maximum atomic E-state index is 14.5. The molecule has 5 atom stereocenters. The number of fused-ring (bicyclic) bond motifs is 1. The summed E-state index contributed by atoms with van der Waals surface area (Å²) >= 11 is 6.25. The Morgan fingerprint density at radius 1 is 0.962 bits per heavy atom. The molecule has 0 bridgehead atoms. The van der Waals surface area contributed by atoms with Gasteiger partial charge in [-0.1, -0.05) is 30.7 Å². The molecule has 52 heavy (non-hydrogen) atoms. The lowest BCUT2D eigenvalue weighted by Crippen LogP contribution is -2.56. The van der Waals surface area contributed by atoms with Crippen molar-refractivity contribution in [3.8, 4) is 0 Å². The number of halogens is 1.